The molecule has 0 fully saturated rings. The summed E-state index contributed by atoms with van der Waals surface area (Å²) in [4.78, 5) is 30.4. The zero-order valence-electron chi connectivity index (χ0n) is 54.4. The third-order valence-corrected chi connectivity index (χ3v) is 18.5. The Kier molecular flexibility index (Phi) is 54.2. The van der Waals surface area contributed by atoms with Crippen molar-refractivity contribution < 1.29 is 34.8 Å². The predicted molar refractivity (Wildman–Crippen MR) is 342 cm³/mol. The third kappa shape index (κ3) is 39.3. The average molecular weight is 1120 g/mol. The van der Waals surface area contributed by atoms with Crippen LogP contribution in [0.3, 0.4) is 0 Å². The van der Waals surface area contributed by atoms with Crippen molar-refractivity contribution in [1.29, 1.82) is 0 Å². The lowest BCUT2D eigenvalue weighted by molar-refractivity contribution is -0.223. The molecule has 0 bridgehead atoms. The Morgan fingerprint density at radius 1 is 0.215 bits per heavy atom. The van der Waals surface area contributed by atoms with Crippen LogP contribution >= 0.6 is 0 Å². The molecule has 2 unspecified atom stereocenters. The van der Waals surface area contributed by atoms with E-state index in [1.807, 2.05) is 0 Å². The molecule has 0 saturated heterocycles. The zero-order valence-corrected chi connectivity index (χ0v) is 54.4. The summed E-state index contributed by atoms with van der Waals surface area (Å²) in [6, 6.07) is 0. The molecule has 4 N–H and O–H groups in total. The Morgan fingerprint density at radius 3 is 0.494 bits per heavy atom. The second-order valence-electron chi connectivity index (χ2n) is 25.9. The van der Waals surface area contributed by atoms with Gasteiger partial charge in [-0.2, -0.15) is 0 Å². The van der Waals surface area contributed by atoms with E-state index in [0.717, 1.165) is 116 Å². The van der Waals surface area contributed by atoms with Crippen molar-refractivity contribution >= 4 is 11.9 Å². The van der Waals surface area contributed by atoms with Crippen molar-refractivity contribution in [2.24, 2.45) is 0 Å². The van der Waals surface area contributed by atoms with Gasteiger partial charge >= 0.3 is 11.9 Å². The second-order valence-corrected chi connectivity index (χ2v) is 25.9. The first-order chi connectivity index (χ1) is 38.4. The van der Waals surface area contributed by atoms with E-state index in [2.05, 4.69) is 41.5 Å². The van der Waals surface area contributed by atoms with Crippen molar-refractivity contribution in [3.63, 3.8) is 0 Å². The smallest absolute Gasteiger partial charge is 0.348 e. The van der Waals surface area contributed by atoms with Gasteiger partial charge in [0.2, 0.25) is 0 Å². The highest BCUT2D eigenvalue weighted by Gasteiger charge is 2.59. The molecule has 0 aliphatic heterocycles. The molecule has 0 rings (SSSR count). The van der Waals surface area contributed by atoms with Crippen LogP contribution in [0, 0.1) is 0 Å². The van der Waals surface area contributed by atoms with Crippen LogP contribution in [0.5, 0.6) is 0 Å². The minimum Gasteiger partial charge on any atom is -0.389 e. The molecule has 0 aliphatic carbocycles. The van der Waals surface area contributed by atoms with Crippen LogP contribution in [0.15, 0.2) is 0 Å². The van der Waals surface area contributed by atoms with Gasteiger partial charge < -0.3 is 25.2 Å². The maximum absolute atomic E-state index is 15.2. The molecule has 0 saturated carbocycles. The molecule has 7 heteroatoms. The van der Waals surface area contributed by atoms with E-state index in [9.17, 15) is 20.4 Å². The highest BCUT2D eigenvalue weighted by Crippen LogP contribution is 2.42. The molecule has 0 radical (unpaired) electrons. The highest BCUT2D eigenvalue weighted by molar-refractivity contribution is 5.95. The van der Waals surface area contributed by atoms with E-state index in [-0.39, 0.29) is 38.5 Å². The highest BCUT2D eigenvalue weighted by atomic mass is 16.6. The van der Waals surface area contributed by atoms with Crippen molar-refractivity contribution in [3.8, 4) is 0 Å². The molecule has 0 aliphatic rings. The minimum absolute atomic E-state index is 0.00184. The molecule has 0 aromatic rings. The second kappa shape index (κ2) is 54.9. The van der Waals surface area contributed by atoms with Gasteiger partial charge in [0, 0.05) is 0 Å². The Balaban J connectivity index is 7.04. The van der Waals surface area contributed by atoms with Gasteiger partial charge in [-0.15, -0.1) is 0 Å². The Morgan fingerprint density at radius 2 is 0.342 bits per heavy atom. The maximum Gasteiger partial charge on any atom is 0.348 e. The molecule has 0 spiro atoms. The van der Waals surface area contributed by atoms with E-state index in [1.54, 1.807) is 0 Å². The van der Waals surface area contributed by atoms with Crippen LogP contribution in [-0.2, 0) is 14.3 Å². The molecule has 79 heavy (non-hydrogen) atoms. The summed E-state index contributed by atoms with van der Waals surface area (Å²) < 4.78 is 6.01. The Hall–Kier alpha value is -1.02. The Bertz CT molecular complexity index is 1160. The molecule has 2 atom stereocenters. The molecule has 0 aromatic carbocycles. The van der Waals surface area contributed by atoms with Gasteiger partial charge in [-0.25, -0.2) is 9.59 Å². The molecule has 7 nitrogen and oxygen atoms in total. The number of ether oxygens (including phenoxy) is 1. The first-order valence-electron chi connectivity index (χ1n) is 36.1. The lowest BCUT2D eigenvalue weighted by Crippen LogP contribution is -2.64. The number of carbonyl (C=O) groups is 2. The summed E-state index contributed by atoms with van der Waals surface area (Å²) in [5.74, 6) is -2.27. The maximum atomic E-state index is 15.2. The largest absolute Gasteiger partial charge is 0.389 e. The fourth-order valence-corrected chi connectivity index (χ4v) is 12.7. The fraction of sp³-hybridized carbons (Fsp3) is 0.972. The Labute approximate surface area is 493 Å². The summed E-state index contributed by atoms with van der Waals surface area (Å²) in [6.45, 7) is 13.5. The van der Waals surface area contributed by atoms with Crippen molar-refractivity contribution in [3.05, 3.63) is 0 Å². The van der Waals surface area contributed by atoms with Crippen LogP contribution in [0.25, 0.3) is 0 Å². The molecule has 0 amide bonds. The molecule has 472 valence electrons. The SMILES string of the molecule is CCCCCCCCCCCC(O)(CCCCCCCCCCC)C(O)(CCCCCCCCCCC)C(=O)OC(=O)C(O)(CCCCCCCCCCC)C(O)(CCCCCCCCCCC)CCCCCCCCCCC. The number of carbonyl (C=O) groups excluding carboxylic acids is 2. The number of esters is 2. The van der Waals surface area contributed by atoms with E-state index < -0.39 is 34.3 Å². The van der Waals surface area contributed by atoms with Gasteiger partial charge in [-0.05, 0) is 51.4 Å². The van der Waals surface area contributed by atoms with Crippen LogP contribution in [-0.4, -0.2) is 54.8 Å². The fourth-order valence-electron chi connectivity index (χ4n) is 12.7. The topological polar surface area (TPSA) is 124 Å². The quantitative estimate of drug-likeness (QED) is 0.0272. The number of aliphatic hydroxyl groups is 4. The van der Waals surface area contributed by atoms with Crippen LogP contribution < -0.4 is 0 Å². The molecule has 0 aromatic heterocycles. The van der Waals surface area contributed by atoms with E-state index in [1.165, 1.54) is 193 Å². The summed E-state index contributed by atoms with van der Waals surface area (Å²) in [5, 5.41) is 52.6. The van der Waals surface area contributed by atoms with E-state index in [4.69, 9.17) is 4.74 Å². The van der Waals surface area contributed by atoms with Gasteiger partial charge in [0.05, 0.1) is 0 Å². The van der Waals surface area contributed by atoms with Gasteiger partial charge in [0.25, 0.3) is 0 Å². The number of unbranched alkanes of at least 4 members (excludes halogenated alkanes) is 48. The average Bonchev–Trinajstić information content (AvgIpc) is 3.44. The summed E-state index contributed by atoms with van der Waals surface area (Å²) in [6.07, 6.45) is 59.9. The minimum atomic E-state index is -2.34. The van der Waals surface area contributed by atoms with Gasteiger partial charge in [-0.3, -0.25) is 0 Å². The van der Waals surface area contributed by atoms with Crippen molar-refractivity contribution in [2.45, 2.75) is 449 Å². The van der Waals surface area contributed by atoms with Gasteiger partial charge in [0.1, 0.15) is 11.2 Å². The van der Waals surface area contributed by atoms with Crippen LogP contribution in [0.2, 0.25) is 0 Å². The first-order valence-corrected chi connectivity index (χ1v) is 36.1. The number of rotatable bonds is 64. The van der Waals surface area contributed by atoms with Crippen LogP contribution in [0.4, 0.5) is 0 Å². The third-order valence-electron chi connectivity index (χ3n) is 18.5. The summed E-state index contributed by atoms with van der Waals surface area (Å²) in [5.41, 5.74) is -8.28. The number of hydrogen-bond acceptors (Lipinski definition) is 7. The molecular formula is C72H142O7. The molecule has 0 heterocycles. The summed E-state index contributed by atoms with van der Waals surface area (Å²) >= 11 is 0. The normalized spacial score (nSPS) is 13.7. The predicted octanol–water partition coefficient (Wildman–Crippen LogP) is 22.5. The number of hydrogen-bond donors (Lipinski definition) is 4. The first kappa shape index (κ1) is 78.0. The lowest BCUT2D eigenvalue weighted by Gasteiger charge is -2.44. The summed E-state index contributed by atoms with van der Waals surface area (Å²) in [7, 11) is 0. The van der Waals surface area contributed by atoms with Crippen LogP contribution in [0.1, 0.15) is 427 Å². The zero-order chi connectivity index (χ0) is 58.3. The monoisotopic (exact) mass is 1120 g/mol. The van der Waals surface area contributed by atoms with Gasteiger partial charge in [-0.1, -0.05) is 375 Å². The van der Waals surface area contributed by atoms with E-state index >= 15 is 9.59 Å². The van der Waals surface area contributed by atoms with E-state index in [0.29, 0.717) is 38.5 Å². The van der Waals surface area contributed by atoms with Gasteiger partial charge in [0.15, 0.2) is 11.2 Å². The molecular weight excluding hydrogens is 977 g/mol. The van der Waals surface area contributed by atoms with Crippen molar-refractivity contribution in [1.82, 2.24) is 0 Å². The lowest BCUT2D eigenvalue weighted by atomic mass is 9.71. The van der Waals surface area contributed by atoms with Crippen molar-refractivity contribution in [2.75, 3.05) is 0 Å². The standard InChI is InChI=1S/C72H142O7/c1-7-13-19-25-31-37-43-49-55-61-69(75,62-56-50-44-38-32-26-20-14-8-2)71(77,65-59-53-47-41-35-29-23-17-11-5)67(73)79-68(74)72(78,66-60-54-48-42-36-30-24-18-12-6)70(76,63-57-51-45-39-33-27-21-15-9-3)64-58-52-46-40-34-28-22-16-10-4/h75-78H,7-66H2,1-6H3.